The predicted molar refractivity (Wildman–Crippen MR) is 90.7 cm³/mol. The molecule has 19 heavy (non-hydrogen) atoms. The maximum Gasteiger partial charge on any atom is 0.0960 e. The number of aryl methyl sites for hydroxylation is 1. The van der Waals surface area contributed by atoms with Crippen LogP contribution in [0.4, 0.5) is 0 Å². The summed E-state index contributed by atoms with van der Waals surface area (Å²) in [5, 5.41) is 0. The first-order valence-corrected chi connectivity index (χ1v) is 9.62. The van der Waals surface area contributed by atoms with Crippen LogP contribution in [-0.4, -0.2) is 0 Å². The molecule has 1 aliphatic carbocycles. The highest BCUT2D eigenvalue weighted by Crippen LogP contribution is 2.45. The Labute approximate surface area is 135 Å². The number of hydrogen-bond acceptors (Lipinski definition) is 1. The number of hydrogen-bond donors (Lipinski definition) is 0. The fraction of sp³-hybridized carbons (Fsp3) is 0.750. The lowest BCUT2D eigenvalue weighted by molar-refractivity contribution is 0.258. The van der Waals surface area contributed by atoms with Crippen molar-refractivity contribution < 1.29 is 0 Å². The lowest BCUT2D eigenvalue weighted by atomic mass is 9.78. The molecule has 0 amide bonds. The van der Waals surface area contributed by atoms with Gasteiger partial charge in [0.15, 0.2) is 0 Å². The van der Waals surface area contributed by atoms with Crippen LogP contribution in [0.15, 0.2) is 6.07 Å². The number of thiophene rings is 1. The highest BCUT2D eigenvalue weighted by Gasteiger charge is 2.28. The van der Waals surface area contributed by atoms with Crippen LogP contribution in [0.1, 0.15) is 67.1 Å². The first-order chi connectivity index (χ1) is 9.11. The molecule has 0 aliphatic heterocycles. The normalized spacial score (nSPS) is 25.5. The molecule has 0 nitrogen and oxygen atoms in total. The third-order valence-electron chi connectivity index (χ3n) is 4.42. The third kappa shape index (κ3) is 4.22. The van der Waals surface area contributed by atoms with Crippen molar-refractivity contribution >= 4 is 38.9 Å². The minimum atomic E-state index is 0.510. The molecular weight excluding hydrogens is 340 g/mol. The molecule has 0 radical (unpaired) electrons. The van der Waals surface area contributed by atoms with Gasteiger partial charge in [-0.2, -0.15) is 0 Å². The zero-order chi connectivity index (χ0) is 13.8. The van der Waals surface area contributed by atoms with E-state index in [0.29, 0.717) is 4.83 Å². The van der Waals surface area contributed by atoms with Crippen molar-refractivity contribution in [3.05, 3.63) is 20.8 Å². The second kappa shape index (κ2) is 7.47. The monoisotopic (exact) mass is 362 g/mol. The van der Waals surface area contributed by atoms with E-state index in [0.717, 1.165) is 16.2 Å². The lowest BCUT2D eigenvalue weighted by Crippen LogP contribution is -2.17. The van der Waals surface area contributed by atoms with Gasteiger partial charge in [0.1, 0.15) is 0 Å². The van der Waals surface area contributed by atoms with Crippen LogP contribution in [0, 0.1) is 18.8 Å². The largest absolute Gasteiger partial charge is 0.127 e. The summed E-state index contributed by atoms with van der Waals surface area (Å²) in [5.74, 6) is 1.79. The first kappa shape index (κ1) is 15.9. The van der Waals surface area contributed by atoms with Gasteiger partial charge in [0.25, 0.3) is 0 Å². The van der Waals surface area contributed by atoms with Gasteiger partial charge < -0.3 is 0 Å². The molecule has 0 bridgehead atoms. The van der Waals surface area contributed by atoms with Gasteiger partial charge >= 0.3 is 0 Å². The first-order valence-electron chi connectivity index (χ1n) is 7.51. The van der Waals surface area contributed by atoms with Crippen molar-refractivity contribution in [2.45, 2.75) is 63.6 Å². The second-order valence-electron chi connectivity index (χ2n) is 5.93. The van der Waals surface area contributed by atoms with Crippen LogP contribution in [0.2, 0.25) is 4.34 Å². The minimum absolute atomic E-state index is 0.510. The highest BCUT2D eigenvalue weighted by molar-refractivity contribution is 9.09. The van der Waals surface area contributed by atoms with E-state index in [1.54, 1.807) is 11.3 Å². The Morgan fingerprint density at radius 3 is 2.58 bits per heavy atom. The molecule has 1 unspecified atom stereocenters. The molecule has 1 heterocycles. The summed E-state index contributed by atoms with van der Waals surface area (Å²) in [6.45, 7) is 4.40. The molecule has 0 aromatic carbocycles. The van der Waals surface area contributed by atoms with E-state index in [9.17, 15) is 0 Å². The van der Waals surface area contributed by atoms with E-state index in [1.807, 2.05) is 0 Å². The average molecular weight is 364 g/mol. The molecule has 1 aromatic heterocycles. The smallest absolute Gasteiger partial charge is 0.0960 e. The molecule has 0 N–H and O–H groups in total. The molecule has 1 atom stereocenters. The molecule has 0 saturated heterocycles. The van der Waals surface area contributed by atoms with Crippen molar-refractivity contribution in [1.29, 1.82) is 0 Å². The van der Waals surface area contributed by atoms with Crippen molar-refractivity contribution in [2.24, 2.45) is 11.8 Å². The summed E-state index contributed by atoms with van der Waals surface area (Å²) in [6.07, 6.45) is 9.79. The predicted octanol–water partition coefficient (Wildman–Crippen LogP) is 7.14. The quantitative estimate of drug-likeness (QED) is 0.487. The van der Waals surface area contributed by atoms with Crippen LogP contribution in [0.3, 0.4) is 0 Å². The number of halogens is 2. The van der Waals surface area contributed by atoms with Crippen LogP contribution in [0.5, 0.6) is 0 Å². The van der Waals surface area contributed by atoms with Gasteiger partial charge in [-0.25, -0.2) is 0 Å². The van der Waals surface area contributed by atoms with Crippen LogP contribution < -0.4 is 0 Å². The molecule has 1 aliphatic rings. The van der Waals surface area contributed by atoms with E-state index in [2.05, 4.69) is 35.8 Å². The van der Waals surface area contributed by atoms with Crippen molar-refractivity contribution in [1.82, 2.24) is 0 Å². The Morgan fingerprint density at radius 1 is 1.37 bits per heavy atom. The maximum absolute atomic E-state index is 6.19. The van der Waals surface area contributed by atoms with Gasteiger partial charge in [-0.3, -0.25) is 0 Å². The fourth-order valence-corrected chi connectivity index (χ4v) is 5.34. The second-order valence-corrected chi connectivity index (χ2v) is 8.60. The molecule has 1 saturated carbocycles. The third-order valence-corrected chi connectivity index (χ3v) is 7.60. The topological polar surface area (TPSA) is 0 Å². The summed E-state index contributed by atoms with van der Waals surface area (Å²) in [6, 6.07) is 2.26. The van der Waals surface area contributed by atoms with Gasteiger partial charge in [-0.1, -0.05) is 66.6 Å². The van der Waals surface area contributed by atoms with Gasteiger partial charge in [-0.05, 0) is 43.2 Å². The standard InChI is InChI=1S/C16H24BrClS/c1-3-4-5-12-6-8-13(9-7-12)15(17)14-10-11(2)16(18)19-14/h10,12-13,15H,3-9H2,1-2H3. The Kier molecular flexibility index (Phi) is 6.23. The maximum atomic E-state index is 6.19. The molecule has 1 aromatic rings. The average Bonchev–Trinajstić information content (AvgIpc) is 2.76. The Bertz CT molecular complexity index is 374. The Morgan fingerprint density at radius 2 is 2.05 bits per heavy atom. The molecule has 3 heteroatoms. The van der Waals surface area contributed by atoms with E-state index in [4.69, 9.17) is 11.6 Å². The molecule has 0 spiro atoms. The summed E-state index contributed by atoms with van der Waals surface area (Å²) in [5.41, 5.74) is 1.22. The fourth-order valence-electron chi connectivity index (χ4n) is 3.11. The molecule has 2 rings (SSSR count). The lowest BCUT2D eigenvalue weighted by Gasteiger charge is -2.31. The number of alkyl halides is 1. The van der Waals surface area contributed by atoms with Crippen LogP contribution >= 0.6 is 38.9 Å². The SMILES string of the molecule is CCCCC1CCC(C(Br)c2cc(C)c(Cl)s2)CC1. The molecule has 1 fully saturated rings. The highest BCUT2D eigenvalue weighted by atomic mass is 79.9. The Hall–Kier alpha value is 0.470. The molecular formula is C16H24BrClS. The van der Waals surface area contributed by atoms with Gasteiger partial charge in [0.05, 0.1) is 9.16 Å². The Balaban J connectivity index is 1.87. The summed E-state index contributed by atoms with van der Waals surface area (Å²) >= 11 is 11.9. The van der Waals surface area contributed by atoms with Gasteiger partial charge in [0, 0.05) is 4.88 Å². The van der Waals surface area contributed by atoms with Gasteiger partial charge in [0.2, 0.25) is 0 Å². The summed E-state index contributed by atoms with van der Waals surface area (Å²) in [4.78, 5) is 1.93. The summed E-state index contributed by atoms with van der Waals surface area (Å²) < 4.78 is 0.955. The summed E-state index contributed by atoms with van der Waals surface area (Å²) in [7, 11) is 0. The minimum Gasteiger partial charge on any atom is -0.127 e. The zero-order valence-corrected chi connectivity index (χ0v) is 15.1. The van der Waals surface area contributed by atoms with E-state index in [-0.39, 0.29) is 0 Å². The number of rotatable bonds is 5. The van der Waals surface area contributed by atoms with Crippen LogP contribution in [-0.2, 0) is 0 Å². The van der Waals surface area contributed by atoms with Crippen LogP contribution in [0.25, 0.3) is 0 Å². The zero-order valence-electron chi connectivity index (χ0n) is 11.9. The van der Waals surface area contributed by atoms with E-state index in [1.165, 1.54) is 55.4 Å². The van der Waals surface area contributed by atoms with Crippen molar-refractivity contribution in [3.8, 4) is 0 Å². The van der Waals surface area contributed by atoms with Crippen molar-refractivity contribution in [3.63, 3.8) is 0 Å². The molecule has 108 valence electrons. The van der Waals surface area contributed by atoms with Crippen molar-refractivity contribution in [2.75, 3.05) is 0 Å². The number of unbranched alkanes of at least 4 members (excludes halogenated alkanes) is 1. The van der Waals surface area contributed by atoms with E-state index >= 15 is 0 Å². The van der Waals surface area contributed by atoms with Gasteiger partial charge in [-0.15, -0.1) is 11.3 Å². The van der Waals surface area contributed by atoms with E-state index < -0.39 is 0 Å².